The van der Waals surface area contributed by atoms with Gasteiger partial charge in [-0.15, -0.1) is 5.10 Å². The van der Waals surface area contributed by atoms with E-state index in [2.05, 4.69) is 20.6 Å². The number of pyridine rings is 1. The Balaban J connectivity index is 1.56. The molecular formula is C31H38N6O5S. The van der Waals surface area contributed by atoms with Crippen molar-refractivity contribution >= 4 is 27.0 Å². The van der Waals surface area contributed by atoms with Gasteiger partial charge in [-0.05, 0) is 73.2 Å². The summed E-state index contributed by atoms with van der Waals surface area (Å²) in [5.41, 5.74) is 6.21. The van der Waals surface area contributed by atoms with Crippen molar-refractivity contribution in [3.63, 3.8) is 0 Å². The van der Waals surface area contributed by atoms with Gasteiger partial charge in [-0.1, -0.05) is 36.4 Å². The van der Waals surface area contributed by atoms with E-state index in [0.717, 1.165) is 38.9 Å². The smallest absolute Gasteiger partial charge is 0.248 e. The van der Waals surface area contributed by atoms with Gasteiger partial charge in [0.25, 0.3) is 0 Å². The average molecular weight is 607 g/mol. The molecule has 2 aromatic heterocycles. The number of ether oxygens (including phenoxy) is 1. The molecule has 5 rings (SSSR count). The second-order valence-corrected chi connectivity index (χ2v) is 12.7. The van der Waals surface area contributed by atoms with Crippen molar-refractivity contribution < 1.29 is 23.1 Å². The van der Waals surface area contributed by atoms with Crippen LogP contribution in [0.5, 0.6) is 5.88 Å². The van der Waals surface area contributed by atoms with Crippen LogP contribution >= 0.6 is 0 Å². The number of sulfonamides is 1. The Bertz CT molecular complexity index is 1740. The molecule has 2 N–H and O–H groups in total. The Morgan fingerprint density at radius 1 is 1.19 bits per heavy atom. The molecule has 43 heavy (non-hydrogen) atoms. The summed E-state index contributed by atoms with van der Waals surface area (Å²) >= 11 is 0. The largest absolute Gasteiger partial charge is 0.472 e. The fraction of sp³-hybridized carbons (Fsp3) is 0.419. The highest BCUT2D eigenvalue weighted by Crippen LogP contribution is 2.36. The molecule has 228 valence electrons. The van der Waals surface area contributed by atoms with E-state index in [-0.39, 0.29) is 61.4 Å². The van der Waals surface area contributed by atoms with E-state index < -0.39 is 10.0 Å². The van der Waals surface area contributed by atoms with Crippen LogP contribution in [0.1, 0.15) is 60.4 Å². The number of aromatic nitrogens is 4. The summed E-state index contributed by atoms with van der Waals surface area (Å²) in [6.45, 7) is 8.94. The molecule has 1 aliphatic heterocycles. The van der Waals surface area contributed by atoms with Crippen molar-refractivity contribution in [1.82, 2.24) is 29.6 Å². The maximum absolute atomic E-state index is 13.8. The summed E-state index contributed by atoms with van der Waals surface area (Å²) in [4.78, 5) is 17.3. The topological polar surface area (TPSA) is 140 Å². The second kappa shape index (κ2) is 12.8. The molecule has 0 bridgehead atoms. The minimum absolute atomic E-state index is 0.0576. The summed E-state index contributed by atoms with van der Waals surface area (Å²) in [5, 5.41) is 20.7. The Hall–Kier alpha value is -3.87. The fourth-order valence-corrected chi connectivity index (χ4v) is 7.13. The quantitative estimate of drug-likeness (QED) is 0.280. The molecule has 0 radical (unpaired) electrons. The maximum atomic E-state index is 13.8. The van der Waals surface area contributed by atoms with Crippen molar-refractivity contribution in [2.75, 3.05) is 19.7 Å². The van der Waals surface area contributed by atoms with E-state index in [4.69, 9.17) is 4.74 Å². The molecule has 12 heteroatoms. The molecule has 0 fully saturated rings. The average Bonchev–Trinajstić information content (AvgIpc) is 3.39. The molecule has 0 spiro atoms. The van der Waals surface area contributed by atoms with Gasteiger partial charge in [0.1, 0.15) is 16.5 Å². The van der Waals surface area contributed by atoms with E-state index in [1.807, 2.05) is 62.7 Å². The lowest BCUT2D eigenvalue weighted by Crippen LogP contribution is -2.36. The van der Waals surface area contributed by atoms with E-state index in [9.17, 15) is 18.3 Å². The molecule has 0 saturated carbocycles. The van der Waals surface area contributed by atoms with Gasteiger partial charge in [0.15, 0.2) is 0 Å². The molecule has 0 aliphatic carbocycles. The Labute approximate surface area is 251 Å². The lowest BCUT2D eigenvalue weighted by molar-refractivity contribution is -0.121. The molecule has 3 heterocycles. The molecule has 1 amide bonds. The molecule has 2 aromatic carbocycles. The molecule has 4 aromatic rings. The van der Waals surface area contributed by atoms with Crippen LogP contribution in [0.15, 0.2) is 53.6 Å². The predicted molar refractivity (Wildman–Crippen MR) is 162 cm³/mol. The number of hydrogen-bond donors (Lipinski definition) is 2. The van der Waals surface area contributed by atoms with Gasteiger partial charge < -0.3 is 15.2 Å². The van der Waals surface area contributed by atoms with Crippen LogP contribution in [0.2, 0.25) is 0 Å². The Kier molecular flexibility index (Phi) is 9.09. The summed E-state index contributed by atoms with van der Waals surface area (Å²) in [7, 11) is -3.88. The van der Waals surface area contributed by atoms with Crippen LogP contribution < -0.4 is 10.1 Å². The van der Waals surface area contributed by atoms with E-state index >= 15 is 0 Å². The van der Waals surface area contributed by atoms with Gasteiger partial charge in [-0.2, -0.15) is 4.31 Å². The number of aliphatic hydroxyl groups excluding tert-OH is 1. The number of carbonyl (C=O) groups excluding carboxylic acids is 1. The normalized spacial score (nSPS) is 17.2. The van der Waals surface area contributed by atoms with Gasteiger partial charge in [0.05, 0.1) is 18.7 Å². The van der Waals surface area contributed by atoms with Crippen molar-refractivity contribution in [2.45, 2.75) is 70.5 Å². The molecule has 11 nitrogen and oxygen atoms in total. The number of aliphatic hydroxyl groups is 1. The maximum Gasteiger partial charge on any atom is 0.248 e. The van der Waals surface area contributed by atoms with E-state index in [1.54, 1.807) is 6.07 Å². The molecule has 0 unspecified atom stereocenters. The molecular weight excluding hydrogens is 568 g/mol. The third-order valence-corrected chi connectivity index (χ3v) is 9.92. The highest BCUT2D eigenvalue weighted by Gasteiger charge is 2.35. The standard InChI is InChI=1S/C31H38N6O5S/c1-5-24-19-36(43(40,41)28-8-7-13-33-31(28)42-24)18-23-16-22(10-9-20(23)3)26(17-29(39)32-14-15-38)25-11-12-27-30(21(25)4)34-35-37(27)6-2/h7-13,16,24,26,38H,5-6,14-15,17-19H2,1-4H3,(H,32,39)/t24-,26+/m1/s1. The van der Waals surface area contributed by atoms with Gasteiger partial charge in [0, 0.05) is 38.2 Å². The number of benzene rings is 2. The number of hydrogen-bond acceptors (Lipinski definition) is 8. The number of nitrogens with zero attached hydrogens (tertiary/aromatic N) is 5. The first kappa shape index (κ1) is 30.6. The molecule has 0 saturated heterocycles. The predicted octanol–water partition coefficient (Wildman–Crippen LogP) is 3.46. The first-order chi connectivity index (χ1) is 20.7. The third kappa shape index (κ3) is 6.13. The minimum Gasteiger partial charge on any atom is -0.472 e. The number of rotatable bonds is 10. The zero-order valence-corrected chi connectivity index (χ0v) is 25.8. The van der Waals surface area contributed by atoms with Crippen LogP contribution in [0.3, 0.4) is 0 Å². The Morgan fingerprint density at radius 3 is 2.74 bits per heavy atom. The molecule has 2 atom stereocenters. The zero-order chi connectivity index (χ0) is 30.7. The highest BCUT2D eigenvalue weighted by atomic mass is 32.2. The van der Waals surface area contributed by atoms with Crippen LogP contribution in [0.4, 0.5) is 0 Å². The number of carbonyl (C=O) groups is 1. The molecule has 1 aliphatic rings. The summed E-state index contributed by atoms with van der Waals surface area (Å²) < 4.78 is 36.9. The van der Waals surface area contributed by atoms with Crippen LogP contribution in [-0.4, -0.2) is 69.5 Å². The van der Waals surface area contributed by atoms with Gasteiger partial charge in [-0.3, -0.25) is 4.79 Å². The zero-order valence-electron chi connectivity index (χ0n) is 24.9. The van der Waals surface area contributed by atoms with Gasteiger partial charge in [0.2, 0.25) is 21.8 Å². The van der Waals surface area contributed by atoms with Crippen LogP contribution in [0.25, 0.3) is 11.0 Å². The fourth-order valence-electron chi connectivity index (χ4n) is 5.61. The second-order valence-electron chi connectivity index (χ2n) is 10.8. The van der Waals surface area contributed by atoms with Gasteiger partial charge >= 0.3 is 0 Å². The van der Waals surface area contributed by atoms with Crippen LogP contribution in [0, 0.1) is 13.8 Å². The van der Waals surface area contributed by atoms with E-state index in [1.165, 1.54) is 16.6 Å². The van der Waals surface area contributed by atoms with Crippen LogP contribution in [-0.2, 0) is 27.9 Å². The summed E-state index contributed by atoms with van der Waals surface area (Å²) in [6.07, 6.45) is 1.95. The lowest BCUT2D eigenvalue weighted by atomic mass is 9.84. The number of aryl methyl sites for hydroxylation is 3. The number of amides is 1. The monoisotopic (exact) mass is 606 g/mol. The SMILES string of the molecule is CC[C@@H]1CN(Cc2cc([C@H](CC(=O)NCCO)c3ccc4c(nnn4CC)c3C)ccc2C)S(=O)(=O)c2cccnc2O1. The van der Waals surface area contributed by atoms with E-state index in [0.29, 0.717) is 13.0 Å². The Morgan fingerprint density at radius 2 is 2.00 bits per heavy atom. The number of fused-ring (bicyclic) bond motifs is 2. The lowest BCUT2D eigenvalue weighted by Gasteiger charge is -2.25. The first-order valence-electron chi connectivity index (χ1n) is 14.6. The first-order valence-corrected chi connectivity index (χ1v) is 16.0. The third-order valence-electron chi connectivity index (χ3n) is 8.10. The summed E-state index contributed by atoms with van der Waals surface area (Å²) in [6, 6.07) is 13.1. The minimum atomic E-state index is -3.88. The highest BCUT2D eigenvalue weighted by molar-refractivity contribution is 7.89. The summed E-state index contributed by atoms with van der Waals surface area (Å²) in [5.74, 6) is -0.409. The van der Waals surface area contributed by atoms with Crippen molar-refractivity contribution in [1.29, 1.82) is 0 Å². The van der Waals surface area contributed by atoms with Crippen molar-refractivity contribution in [3.8, 4) is 5.88 Å². The number of nitrogens with one attached hydrogen (secondary N) is 1. The van der Waals surface area contributed by atoms with Crippen molar-refractivity contribution in [3.05, 3.63) is 76.5 Å². The van der Waals surface area contributed by atoms with Crippen molar-refractivity contribution in [2.24, 2.45) is 0 Å². The van der Waals surface area contributed by atoms with Gasteiger partial charge in [-0.25, -0.2) is 18.1 Å².